The second-order valence-electron chi connectivity index (χ2n) is 1.90. The molecule has 0 atom stereocenters. The molecule has 0 aliphatic rings. The molecule has 2 N–H and O–H groups in total. The lowest BCUT2D eigenvalue weighted by atomic mass is 10.4. The Morgan fingerprint density at radius 3 is 2.33 bits per heavy atom. The van der Waals surface area contributed by atoms with Crippen LogP contribution in [0.25, 0.3) is 0 Å². The van der Waals surface area contributed by atoms with Crippen LogP contribution in [-0.2, 0) is 9.47 Å². The van der Waals surface area contributed by atoms with Gasteiger partial charge in [0.1, 0.15) is 12.9 Å². The van der Waals surface area contributed by atoms with E-state index in [0.717, 1.165) is 6.26 Å². The van der Waals surface area contributed by atoms with Crippen molar-refractivity contribution in [3.63, 3.8) is 0 Å². The third-order valence-corrected chi connectivity index (χ3v) is 0.784. The predicted octanol–water partition coefficient (Wildman–Crippen LogP) is 1.28. The fourth-order valence-corrected chi connectivity index (χ4v) is 0.361. The van der Waals surface area contributed by atoms with Crippen LogP contribution in [0.1, 0.15) is 6.92 Å². The van der Waals surface area contributed by atoms with Crippen LogP contribution in [-0.4, -0.2) is 29.1 Å². The van der Waals surface area contributed by atoms with E-state index in [9.17, 15) is 9.59 Å². The summed E-state index contributed by atoms with van der Waals surface area (Å²) in [6, 6.07) is 0. The van der Waals surface area contributed by atoms with E-state index in [-0.39, 0.29) is 6.61 Å². The second kappa shape index (κ2) is 5.00. The van der Waals surface area contributed by atoms with E-state index >= 15 is 0 Å². The van der Waals surface area contributed by atoms with Gasteiger partial charge in [-0.15, -0.1) is 0 Å². The average molecular weight is 176 g/mol. The maximum absolute atomic E-state index is 9.84. The van der Waals surface area contributed by atoms with Crippen molar-refractivity contribution in [2.24, 2.45) is 0 Å². The van der Waals surface area contributed by atoms with Gasteiger partial charge in [0, 0.05) is 0 Å². The molecule has 0 aromatic heterocycles. The fourth-order valence-electron chi connectivity index (χ4n) is 0.361. The van der Waals surface area contributed by atoms with E-state index in [1.807, 2.05) is 0 Å². The molecule has 0 heterocycles. The molecule has 0 aliphatic heterocycles. The minimum Gasteiger partial charge on any atom is -0.450 e. The highest BCUT2D eigenvalue weighted by molar-refractivity contribution is 5.58. The van der Waals surface area contributed by atoms with Crippen molar-refractivity contribution >= 4 is 12.3 Å². The van der Waals surface area contributed by atoms with Crippen LogP contribution in [0.2, 0.25) is 0 Å². The first kappa shape index (κ1) is 10.3. The maximum atomic E-state index is 9.84. The van der Waals surface area contributed by atoms with Gasteiger partial charge < -0.3 is 19.7 Å². The summed E-state index contributed by atoms with van der Waals surface area (Å²) in [4.78, 5) is 19.7. The van der Waals surface area contributed by atoms with Crippen molar-refractivity contribution in [1.82, 2.24) is 0 Å². The highest BCUT2D eigenvalue weighted by Gasteiger charge is 1.98. The molecule has 6 nitrogen and oxygen atoms in total. The molecule has 0 amide bonds. The number of carboxylic acid groups (broad SMARTS) is 2. The lowest BCUT2D eigenvalue weighted by Crippen LogP contribution is -2.03. The van der Waals surface area contributed by atoms with Crippen LogP contribution in [0.4, 0.5) is 9.59 Å². The average Bonchev–Trinajstić information content (AvgIpc) is 1.96. The third-order valence-electron chi connectivity index (χ3n) is 0.784. The summed E-state index contributed by atoms with van der Waals surface area (Å²) in [5.74, 6) is 0. The summed E-state index contributed by atoms with van der Waals surface area (Å²) in [6.07, 6.45) is -1.96. The van der Waals surface area contributed by atoms with E-state index in [4.69, 9.17) is 10.2 Å². The van der Waals surface area contributed by atoms with Crippen molar-refractivity contribution in [3.05, 3.63) is 11.8 Å². The lowest BCUT2D eigenvalue weighted by Gasteiger charge is -1.99. The molecule has 0 saturated heterocycles. The molecule has 0 aromatic carbocycles. The van der Waals surface area contributed by atoms with E-state index in [1.54, 1.807) is 0 Å². The van der Waals surface area contributed by atoms with Gasteiger partial charge in [0.25, 0.3) is 0 Å². The Morgan fingerprint density at radius 1 is 1.33 bits per heavy atom. The van der Waals surface area contributed by atoms with Gasteiger partial charge in [0.15, 0.2) is 0 Å². The Morgan fingerprint density at radius 2 is 1.92 bits per heavy atom. The van der Waals surface area contributed by atoms with Crippen LogP contribution in [0.5, 0.6) is 0 Å². The first-order chi connectivity index (χ1) is 5.52. The van der Waals surface area contributed by atoms with Gasteiger partial charge in [0.2, 0.25) is 0 Å². The van der Waals surface area contributed by atoms with Crippen molar-refractivity contribution in [2.75, 3.05) is 6.61 Å². The summed E-state index contributed by atoms with van der Waals surface area (Å²) >= 11 is 0. The topological polar surface area (TPSA) is 93.1 Å². The number of ether oxygens (including phenoxy) is 2. The molecule has 0 radical (unpaired) electrons. The van der Waals surface area contributed by atoms with Gasteiger partial charge in [-0.05, 0) is 12.5 Å². The van der Waals surface area contributed by atoms with Crippen LogP contribution in [0.15, 0.2) is 11.8 Å². The normalized spacial score (nSPS) is 10.6. The van der Waals surface area contributed by atoms with Crippen molar-refractivity contribution in [3.8, 4) is 0 Å². The quantitative estimate of drug-likeness (QED) is 0.497. The molecule has 0 rings (SSSR count). The van der Waals surface area contributed by atoms with Crippen molar-refractivity contribution in [2.45, 2.75) is 6.92 Å². The maximum Gasteiger partial charge on any atom is 0.510 e. The van der Waals surface area contributed by atoms with E-state index < -0.39 is 12.3 Å². The molecule has 0 spiro atoms. The summed E-state index contributed by atoms with van der Waals surface area (Å²) in [5, 5.41) is 16.0. The molecular formula is C6H8O6. The number of carbonyl (C=O) groups is 2. The van der Waals surface area contributed by atoms with Crippen LogP contribution in [0, 0.1) is 0 Å². The monoisotopic (exact) mass is 176 g/mol. The number of rotatable bonds is 3. The van der Waals surface area contributed by atoms with Crippen LogP contribution < -0.4 is 0 Å². The molecule has 0 saturated carbocycles. The summed E-state index contributed by atoms with van der Waals surface area (Å²) < 4.78 is 8.13. The molecule has 0 unspecified atom stereocenters. The van der Waals surface area contributed by atoms with Gasteiger partial charge in [-0.25, -0.2) is 9.59 Å². The lowest BCUT2D eigenvalue weighted by molar-refractivity contribution is 0.0983. The molecule has 0 fully saturated rings. The molecule has 0 bridgehead atoms. The van der Waals surface area contributed by atoms with Gasteiger partial charge in [0.05, 0.1) is 0 Å². The Hall–Kier alpha value is -1.72. The molecule has 0 aliphatic carbocycles. The molecule has 6 heteroatoms. The highest BCUT2D eigenvalue weighted by Crippen LogP contribution is 1.94. The van der Waals surface area contributed by atoms with Gasteiger partial charge in [-0.1, -0.05) is 0 Å². The molecule has 12 heavy (non-hydrogen) atoms. The SMILES string of the molecule is CC(=COC(=O)O)COC(=O)O. The van der Waals surface area contributed by atoms with Gasteiger partial charge >= 0.3 is 12.3 Å². The summed E-state index contributed by atoms with van der Waals surface area (Å²) in [7, 11) is 0. The molecule has 68 valence electrons. The highest BCUT2D eigenvalue weighted by atomic mass is 16.7. The smallest absolute Gasteiger partial charge is 0.450 e. The van der Waals surface area contributed by atoms with Crippen molar-refractivity contribution in [1.29, 1.82) is 0 Å². The zero-order valence-corrected chi connectivity index (χ0v) is 6.31. The first-order valence-electron chi connectivity index (χ1n) is 2.93. The standard InChI is InChI=1S/C6H8O6/c1-4(2-11-5(7)8)3-12-6(9)10/h2H,3H2,1H3,(H,7,8)(H,9,10). The van der Waals surface area contributed by atoms with Gasteiger partial charge in [-0.3, -0.25) is 0 Å². The largest absolute Gasteiger partial charge is 0.510 e. The zero-order valence-electron chi connectivity index (χ0n) is 6.31. The van der Waals surface area contributed by atoms with Gasteiger partial charge in [-0.2, -0.15) is 0 Å². The Labute approximate surface area is 68.0 Å². The fraction of sp³-hybridized carbons (Fsp3) is 0.333. The Bertz CT molecular complexity index is 206. The van der Waals surface area contributed by atoms with E-state index in [1.165, 1.54) is 6.92 Å². The first-order valence-corrected chi connectivity index (χ1v) is 2.93. The third kappa shape index (κ3) is 6.40. The zero-order chi connectivity index (χ0) is 9.56. The molecule has 0 aromatic rings. The minimum absolute atomic E-state index is 0.206. The number of hydrogen-bond acceptors (Lipinski definition) is 4. The van der Waals surface area contributed by atoms with Crippen molar-refractivity contribution < 1.29 is 29.3 Å². The number of hydrogen-bond donors (Lipinski definition) is 2. The summed E-state index contributed by atoms with van der Waals surface area (Å²) in [5.41, 5.74) is 0.361. The van der Waals surface area contributed by atoms with E-state index in [0.29, 0.717) is 5.57 Å². The Kier molecular flexibility index (Phi) is 4.28. The van der Waals surface area contributed by atoms with E-state index in [2.05, 4.69) is 9.47 Å². The minimum atomic E-state index is -1.45. The second-order valence-corrected chi connectivity index (χ2v) is 1.90. The molecular weight excluding hydrogens is 168 g/mol. The predicted molar refractivity (Wildman–Crippen MR) is 36.8 cm³/mol. The van der Waals surface area contributed by atoms with Crippen LogP contribution >= 0.6 is 0 Å². The Balaban J connectivity index is 3.70. The summed E-state index contributed by atoms with van der Waals surface area (Å²) in [6.45, 7) is 1.27. The van der Waals surface area contributed by atoms with Crippen LogP contribution in [0.3, 0.4) is 0 Å².